The molecule has 2 rings (SSSR count). The number of amides is 2. The summed E-state index contributed by atoms with van der Waals surface area (Å²) >= 11 is 0. The Kier molecular flexibility index (Phi) is 4.27. The van der Waals surface area contributed by atoms with Crippen LogP contribution in [0.1, 0.15) is 24.5 Å². The molecule has 0 radical (unpaired) electrons. The van der Waals surface area contributed by atoms with Gasteiger partial charge >= 0.3 is 12.0 Å². The number of fused-ring (bicyclic) bond motifs is 1. The van der Waals surface area contributed by atoms with Crippen LogP contribution in [0.25, 0.3) is 0 Å². The number of carbonyl (C=O) groups is 2. The maximum absolute atomic E-state index is 12.4. The minimum Gasteiger partial charge on any atom is -0.480 e. The van der Waals surface area contributed by atoms with Gasteiger partial charge in [-0.1, -0.05) is 31.2 Å². The second kappa shape index (κ2) is 5.94. The van der Waals surface area contributed by atoms with E-state index in [1.165, 1.54) is 4.90 Å². The third-order valence-corrected chi connectivity index (χ3v) is 3.66. The van der Waals surface area contributed by atoms with Gasteiger partial charge in [-0.25, -0.2) is 9.59 Å². The van der Waals surface area contributed by atoms with Gasteiger partial charge < -0.3 is 14.9 Å². The number of urea groups is 1. The van der Waals surface area contributed by atoms with Crippen LogP contribution in [0, 0.1) is 0 Å². The van der Waals surface area contributed by atoms with Crippen LogP contribution in [-0.4, -0.2) is 46.5 Å². The molecule has 5 heteroatoms. The van der Waals surface area contributed by atoms with Crippen LogP contribution in [0.4, 0.5) is 4.79 Å². The van der Waals surface area contributed by atoms with E-state index in [0.29, 0.717) is 19.5 Å². The van der Waals surface area contributed by atoms with Gasteiger partial charge in [-0.3, -0.25) is 0 Å². The van der Waals surface area contributed by atoms with Gasteiger partial charge in [0.05, 0.1) is 0 Å². The first-order valence-electron chi connectivity index (χ1n) is 6.86. The fourth-order valence-electron chi connectivity index (χ4n) is 2.59. The molecule has 2 amide bonds. The number of rotatable bonds is 3. The van der Waals surface area contributed by atoms with Gasteiger partial charge in [0.15, 0.2) is 0 Å². The Balaban J connectivity index is 2.26. The molecule has 5 nitrogen and oxygen atoms in total. The molecule has 108 valence electrons. The highest BCUT2D eigenvalue weighted by Gasteiger charge is 2.35. The highest BCUT2D eigenvalue weighted by atomic mass is 16.4. The van der Waals surface area contributed by atoms with Crippen LogP contribution in [-0.2, 0) is 17.8 Å². The van der Waals surface area contributed by atoms with Gasteiger partial charge in [0.2, 0.25) is 0 Å². The van der Waals surface area contributed by atoms with Crippen molar-refractivity contribution in [2.75, 3.05) is 13.6 Å². The number of hydrogen-bond donors (Lipinski definition) is 1. The van der Waals surface area contributed by atoms with Gasteiger partial charge in [-0.15, -0.1) is 0 Å². The van der Waals surface area contributed by atoms with E-state index in [1.54, 1.807) is 11.9 Å². The average molecular weight is 276 g/mol. The molecular weight excluding hydrogens is 256 g/mol. The molecule has 0 spiro atoms. The van der Waals surface area contributed by atoms with Crippen LogP contribution < -0.4 is 0 Å². The van der Waals surface area contributed by atoms with Crippen molar-refractivity contribution in [3.8, 4) is 0 Å². The number of carboxylic acids is 1. The quantitative estimate of drug-likeness (QED) is 0.918. The Morgan fingerprint density at radius 1 is 1.35 bits per heavy atom. The SMILES string of the molecule is CCCN(C)C(=O)N1Cc2ccccc2CC1C(=O)O. The molecule has 20 heavy (non-hydrogen) atoms. The van der Waals surface area contributed by atoms with Crippen molar-refractivity contribution < 1.29 is 14.7 Å². The van der Waals surface area contributed by atoms with E-state index in [2.05, 4.69) is 0 Å². The number of aliphatic carboxylic acids is 1. The summed E-state index contributed by atoms with van der Waals surface area (Å²) in [4.78, 5) is 26.9. The third kappa shape index (κ3) is 2.76. The van der Waals surface area contributed by atoms with E-state index in [9.17, 15) is 14.7 Å². The molecule has 1 unspecified atom stereocenters. The molecule has 1 aliphatic heterocycles. The summed E-state index contributed by atoms with van der Waals surface area (Å²) < 4.78 is 0. The number of carboxylic acid groups (broad SMARTS) is 1. The lowest BCUT2D eigenvalue weighted by molar-refractivity contribution is -0.142. The molecular formula is C15H20N2O3. The predicted octanol–water partition coefficient (Wildman–Crippen LogP) is 1.96. The molecule has 0 fully saturated rings. The van der Waals surface area contributed by atoms with Gasteiger partial charge in [-0.05, 0) is 17.5 Å². The summed E-state index contributed by atoms with van der Waals surface area (Å²) in [5, 5.41) is 9.38. The number of nitrogens with zero attached hydrogens (tertiary/aromatic N) is 2. The van der Waals surface area contributed by atoms with Crippen molar-refractivity contribution >= 4 is 12.0 Å². The Labute approximate surface area is 118 Å². The van der Waals surface area contributed by atoms with Gasteiger partial charge in [0, 0.05) is 26.6 Å². The molecule has 1 heterocycles. The number of hydrogen-bond acceptors (Lipinski definition) is 2. The van der Waals surface area contributed by atoms with E-state index in [1.807, 2.05) is 31.2 Å². The van der Waals surface area contributed by atoms with Gasteiger partial charge in [0.25, 0.3) is 0 Å². The normalized spacial score (nSPS) is 17.5. The molecule has 0 aromatic heterocycles. The summed E-state index contributed by atoms with van der Waals surface area (Å²) in [5.41, 5.74) is 2.05. The lowest BCUT2D eigenvalue weighted by atomic mass is 9.94. The highest BCUT2D eigenvalue weighted by molar-refractivity contribution is 5.83. The summed E-state index contributed by atoms with van der Waals surface area (Å²) in [6, 6.07) is 6.71. The molecule has 1 atom stereocenters. The molecule has 1 aromatic rings. The third-order valence-electron chi connectivity index (χ3n) is 3.66. The van der Waals surface area contributed by atoms with E-state index in [0.717, 1.165) is 17.5 Å². The van der Waals surface area contributed by atoms with Gasteiger partial charge in [0.1, 0.15) is 6.04 Å². The van der Waals surface area contributed by atoms with Crippen molar-refractivity contribution in [2.24, 2.45) is 0 Å². The van der Waals surface area contributed by atoms with Crippen LogP contribution in [0.5, 0.6) is 0 Å². The monoisotopic (exact) mass is 276 g/mol. The molecule has 0 bridgehead atoms. The molecule has 0 aliphatic carbocycles. The lowest BCUT2D eigenvalue weighted by Gasteiger charge is -2.36. The van der Waals surface area contributed by atoms with Gasteiger partial charge in [-0.2, -0.15) is 0 Å². The van der Waals surface area contributed by atoms with Crippen molar-refractivity contribution in [1.29, 1.82) is 0 Å². The van der Waals surface area contributed by atoms with Crippen LogP contribution in [0.15, 0.2) is 24.3 Å². The topological polar surface area (TPSA) is 60.9 Å². The van der Waals surface area contributed by atoms with Crippen molar-refractivity contribution in [3.63, 3.8) is 0 Å². The zero-order valence-electron chi connectivity index (χ0n) is 11.9. The molecule has 0 saturated heterocycles. The largest absolute Gasteiger partial charge is 0.480 e. The average Bonchev–Trinajstić information content (AvgIpc) is 2.45. The highest BCUT2D eigenvalue weighted by Crippen LogP contribution is 2.24. The summed E-state index contributed by atoms with van der Waals surface area (Å²) in [6.45, 7) is 2.98. The zero-order chi connectivity index (χ0) is 14.7. The first kappa shape index (κ1) is 14.4. The Morgan fingerprint density at radius 3 is 2.60 bits per heavy atom. The second-order valence-corrected chi connectivity index (χ2v) is 5.16. The molecule has 1 aromatic carbocycles. The molecule has 1 aliphatic rings. The Bertz CT molecular complexity index is 516. The Morgan fingerprint density at radius 2 is 2.00 bits per heavy atom. The van der Waals surface area contributed by atoms with Crippen molar-refractivity contribution in [2.45, 2.75) is 32.4 Å². The van der Waals surface area contributed by atoms with E-state index < -0.39 is 12.0 Å². The number of benzene rings is 1. The number of carbonyl (C=O) groups excluding carboxylic acids is 1. The maximum Gasteiger partial charge on any atom is 0.326 e. The van der Waals surface area contributed by atoms with Crippen LogP contribution in [0.2, 0.25) is 0 Å². The second-order valence-electron chi connectivity index (χ2n) is 5.16. The molecule has 1 N–H and O–H groups in total. The smallest absolute Gasteiger partial charge is 0.326 e. The first-order chi connectivity index (χ1) is 9.54. The standard InChI is InChI=1S/C15H20N2O3/c1-3-8-16(2)15(20)17-10-12-7-5-4-6-11(12)9-13(17)14(18)19/h4-7,13H,3,8-10H2,1-2H3,(H,18,19). The first-order valence-corrected chi connectivity index (χ1v) is 6.86. The Hall–Kier alpha value is -2.04. The zero-order valence-corrected chi connectivity index (χ0v) is 11.9. The van der Waals surface area contributed by atoms with Crippen LogP contribution in [0.3, 0.4) is 0 Å². The fourth-order valence-corrected chi connectivity index (χ4v) is 2.59. The van der Waals surface area contributed by atoms with Crippen molar-refractivity contribution in [1.82, 2.24) is 9.80 Å². The summed E-state index contributed by atoms with van der Waals surface area (Å²) in [5.74, 6) is -0.947. The maximum atomic E-state index is 12.4. The minimum atomic E-state index is -0.947. The van der Waals surface area contributed by atoms with Crippen LogP contribution >= 0.6 is 0 Å². The predicted molar refractivity (Wildman–Crippen MR) is 75.4 cm³/mol. The lowest BCUT2D eigenvalue weighted by Crippen LogP contribution is -2.52. The molecule has 0 saturated carbocycles. The fraction of sp³-hybridized carbons (Fsp3) is 0.467. The summed E-state index contributed by atoms with van der Waals surface area (Å²) in [7, 11) is 1.71. The summed E-state index contributed by atoms with van der Waals surface area (Å²) in [6.07, 6.45) is 1.22. The van der Waals surface area contributed by atoms with E-state index in [4.69, 9.17) is 0 Å². The van der Waals surface area contributed by atoms with Crippen molar-refractivity contribution in [3.05, 3.63) is 35.4 Å². The minimum absolute atomic E-state index is 0.214. The van der Waals surface area contributed by atoms with E-state index >= 15 is 0 Å². The van der Waals surface area contributed by atoms with E-state index in [-0.39, 0.29) is 6.03 Å².